The topological polar surface area (TPSA) is 42.5 Å². The zero-order valence-electron chi connectivity index (χ0n) is 29.9. The van der Waals surface area contributed by atoms with Crippen molar-refractivity contribution in [2.45, 2.75) is 0 Å². The molecule has 55 heavy (non-hydrogen) atoms. The van der Waals surface area contributed by atoms with E-state index in [-0.39, 0.29) is 0 Å². The quantitative estimate of drug-likeness (QED) is 0.173. The van der Waals surface area contributed by atoms with Gasteiger partial charge in [-0.15, -0.1) is 0 Å². The van der Waals surface area contributed by atoms with Gasteiger partial charge >= 0.3 is 0 Å². The molecule has 0 unspecified atom stereocenters. The lowest BCUT2D eigenvalue weighted by Crippen LogP contribution is -2.00. The summed E-state index contributed by atoms with van der Waals surface area (Å²) in [6, 6.07) is 61.5. The van der Waals surface area contributed by atoms with Gasteiger partial charge in [0.05, 0.1) is 17.1 Å². The summed E-state index contributed by atoms with van der Waals surface area (Å²) in [6.45, 7) is 0. The summed E-state index contributed by atoms with van der Waals surface area (Å²) in [5, 5.41) is 2.20. The van der Waals surface area contributed by atoms with E-state index in [1.807, 2.05) is 30.5 Å². The first-order valence-corrected chi connectivity index (χ1v) is 18.5. The summed E-state index contributed by atoms with van der Waals surface area (Å²) >= 11 is 0. The van der Waals surface area contributed by atoms with Crippen LogP contribution in [0.25, 0.3) is 72.4 Å². The summed E-state index contributed by atoms with van der Waals surface area (Å²) < 4.78 is 2.06. The van der Waals surface area contributed by atoms with Crippen LogP contribution in [-0.2, 0) is 0 Å². The molecule has 1 aliphatic heterocycles. The third kappa shape index (κ3) is 6.16. The standard InChI is InChI=1S/C51H34N4/c1-3-13-35(14-4-1)41-17-11-18-42(33-41)43-19-12-22-46(52-47(34-43)38-15-5-2-6-16-38)39-28-24-36(25-29-39)37-26-30-40(31-27-37)49-44-20-7-8-21-45(44)50-51(54-49)55-32-10-9-23-48(55)53-50/h1-34H/b19-12?,22-12+,43-19-,43-34?,46-22?,47-34-,52-46+,52-47?. The lowest BCUT2D eigenvalue weighted by molar-refractivity contribution is 1.19. The highest BCUT2D eigenvalue weighted by Crippen LogP contribution is 2.34. The number of aromatic nitrogens is 3. The van der Waals surface area contributed by atoms with Crippen LogP contribution < -0.4 is 0 Å². The van der Waals surface area contributed by atoms with Crippen LogP contribution in [0.4, 0.5) is 0 Å². The molecule has 0 saturated carbocycles. The first kappa shape index (κ1) is 32.2. The monoisotopic (exact) mass is 702 g/mol. The van der Waals surface area contributed by atoms with Gasteiger partial charge in [-0.25, -0.2) is 15.0 Å². The maximum Gasteiger partial charge on any atom is 0.165 e. The fourth-order valence-electron chi connectivity index (χ4n) is 7.45. The Morgan fingerprint density at radius 1 is 0.436 bits per heavy atom. The summed E-state index contributed by atoms with van der Waals surface area (Å²) in [5.41, 5.74) is 15.6. The fourth-order valence-corrected chi connectivity index (χ4v) is 7.45. The van der Waals surface area contributed by atoms with Crippen molar-refractivity contribution < 1.29 is 0 Å². The Bertz CT molecular complexity index is 2990. The van der Waals surface area contributed by atoms with E-state index >= 15 is 0 Å². The van der Waals surface area contributed by atoms with Crippen molar-refractivity contribution in [3.8, 4) is 33.5 Å². The predicted octanol–water partition coefficient (Wildman–Crippen LogP) is 12.5. The van der Waals surface area contributed by atoms with Crippen LogP contribution in [0.1, 0.15) is 16.7 Å². The van der Waals surface area contributed by atoms with E-state index in [0.29, 0.717) is 0 Å². The van der Waals surface area contributed by atoms with Gasteiger partial charge < -0.3 is 0 Å². The number of hydrogen-bond donors (Lipinski definition) is 0. The number of fused-ring (bicyclic) bond motifs is 5. The zero-order chi connectivity index (χ0) is 36.6. The van der Waals surface area contributed by atoms with Crippen LogP contribution in [0.2, 0.25) is 0 Å². The second-order valence-electron chi connectivity index (χ2n) is 13.7. The number of imidazole rings is 1. The number of aliphatic imine (C=N–C) groups is 1. The number of rotatable bonds is 6. The SMILES string of the molecule is C1=C(c2cccc(-c3ccccc3)c2)/C=C(c2ccccc2)\N=C(c2ccc(-c3ccc(-c4nc5c(nc6ccccn65)c5ccccc45)cc3)cc2)/C=C/1. The lowest BCUT2D eigenvalue weighted by Gasteiger charge is -2.13. The summed E-state index contributed by atoms with van der Waals surface area (Å²) in [7, 11) is 0. The minimum atomic E-state index is 0.865. The van der Waals surface area contributed by atoms with Gasteiger partial charge in [-0.2, -0.15) is 0 Å². The Balaban J connectivity index is 0.963. The molecule has 0 spiro atoms. The second kappa shape index (κ2) is 13.8. The molecule has 0 N–H and O–H groups in total. The van der Waals surface area contributed by atoms with Gasteiger partial charge in [0.2, 0.25) is 0 Å². The van der Waals surface area contributed by atoms with Crippen LogP contribution in [-0.4, -0.2) is 20.1 Å². The van der Waals surface area contributed by atoms with E-state index in [1.54, 1.807) is 0 Å². The van der Waals surface area contributed by atoms with Gasteiger partial charge in [0, 0.05) is 33.7 Å². The highest BCUT2D eigenvalue weighted by Gasteiger charge is 2.15. The molecule has 0 saturated heterocycles. The van der Waals surface area contributed by atoms with E-state index < -0.39 is 0 Å². The van der Waals surface area contributed by atoms with Crippen molar-refractivity contribution in [1.29, 1.82) is 0 Å². The molecule has 0 aliphatic carbocycles. The van der Waals surface area contributed by atoms with Gasteiger partial charge in [-0.05, 0) is 63.7 Å². The maximum absolute atomic E-state index is 5.28. The molecule has 9 aromatic rings. The molecule has 0 fully saturated rings. The highest BCUT2D eigenvalue weighted by molar-refractivity contribution is 6.12. The summed E-state index contributed by atoms with van der Waals surface area (Å²) in [5.74, 6) is 0. The smallest absolute Gasteiger partial charge is 0.165 e. The molecule has 0 atom stereocenters. The lowest BCUT2D eigenvalue weighted by atomic mass is 9.96. The second-order valence-corrected chi connectivity index (χ2v) is 13.7. The Morgan fingerprint density at radius 2 is 1.04 bits per heavy atom. The Labute approximate surface area is 319 Å². The zero-order valence-corrected chi connectivity index (χ0v) is 29.9. The van der Waals surface area contributed by atoms with Crippen LogP contribution in [0.15, 0.2) is 211 Å². The van der Waals surface area contributed by atoms with Crippen molar-refractivity contribution in [1.82, 2.24) is 14.4 Å². The Kier molecular flexibility index (Phi) is 8.12. The maximum atomic E-state index is 5.28. The van der Waals surface area contributed by atoms with Gasteiger partial charge in [0.1, 0.15) is 11.2 Å². The molecule has 0 bridgehead atoms. The van der Waals surface area contributed by atoms with E-state index in [0.717, 1.165) is 83.6 Å². The number of pyridine rings is 2. The fraction of sp³-hybridized carbons (Fsp3) is 0. The van der Waals surface area contributed by atoms with E-state index in [1.165, 1.54) is 11.1 Å². The third-order valence-electron chi connectivity index (χ3n) is 10.3. The van der Waals surface area contributed by atoms with Crippen LogP contribution in [0, 0.1) is 0 Å². The first-order valence-electron chi connectivity index (χ1n) is 18.5. The van der Waals surface area contributed by atoms with Crippen molar-refractivity contribution in [3.05, 3.63) is 223 Å². The van der Waals surface area contributed by atoms with Crippen molar-refractivity contribution in [2.24, 2.45) is 4.99 Å². The number of hydrogen-bond acceptors (Lipinski definition) is 3. The van der Waals surface area contributed by atoms with Gasteiger partial charge in [-0.3, -0.25) is 4.40 Å². The average Bonchev–Trinajstić information content (AvgIpc) is 3.63. The molecule has 4 heterocycles. The van der Waals surface area contributed by atoms with Crippen molar-refractivity contribution in [2.75, 3.05) is 0 Å². The minimum Gasteiger partial charge on any atom is -0.284 e. The molecule has 4 nitrogen and oxygen atoms in total. The molecule has 10 rings (SSSR count). The first-order chi connectivity index (χ1) is 27.2. The average molecular weight is 703 g/mol. The highest BCUT2D eigenvalue weighted by atomic mass is 15.1. The van der Waals surface area contributed by atoms with E-state index in [2.05, 4.69) is 180 Å². The number of nitrogens with zero attached hydrogens (tertiary/aromatic N) is 4. The number of allylic oxidation sites excluding steroid dienone is 5. The molecule has 0 amide bonds. The molecule has 258 valence electrons. The summed E-state index contributed by atoms with van der Waals surface area (Å²) in [6.07, 6.45) is 10.6. The minimum absolute atomic E-state index is 0.865. The van der Waals surface area contributed by atoms with E-state index in [4.69, 9.17) is 15.0 Å². The van der Waals surface area contributed by atoms with Gasteiger partial charge in [0.15, 0.2) is 5.65 Å². The predicted molar refractivity (Wildman–Crippen MR) is 229 cm³/mol. The molecule has 6 aromatic carbocycles. The van der Waals surface area contributed by atoms with Crippen molar-refractivity contribution in [3.63, 3.8) is 0 Å². The van der Waals surface area contributed by atoms with Crippen LogP contribution in [0.3, 0.4) is 0 Å². The largest absolute Gasteiger partial charge is 0.284 e. The third-order valence-corrected chi connectivity index (χ3v) is 10.3. The molecular weight excluding hydrogens is 669 g/mol. The van der Waals surface area contributed by atoms with Crippen LogP contribution >= 0.6 is 0 Å². The Hall–Kier alpha value is -7.43. The number of benzene rings is 6. The molecular formula is C51H34N4. The molecule has 4 heteroatoms. The normalized spacial score (nSPS) is 16.4. The van der Waals surface area contributed by atoms with Gasteiger partial charge in [-0.1, -0.05) is 170 Å². The van der Waals surface area contributed by atoms with Gasteiger partial charge in [0.25, 0.3) is 0 Å². The Morgan fingerprint density at radius 3 is 1.80 bits per heavy atom. The summed E-state index contributed by atoms with van der Waals surface area (Å²) in [4.78, 5) is 15.4. The van der Waals surface area contributed by atoms with E-state index in [9.17, 15) is 0 Å². The van der Waals surface area contributed by atoms with Crippen LogP contribution in [0.5, 0.6) is 0 Å². The molecule has 1 aliphatic rings. The van der Waals surface area contributed by atoms with Crippen molar-refractivity contribution >= 4 is 44.6 Å². The molecule has 3 aromatic heterocycles. The molecule has 0 radical (unpaired) electrons.